The van der Waals surface area contributed by atoms with Gasteiger partial charge in [-0.15, -0.1) is 11.3 Å². The molecule has 0 unspecified atom stereocenters. The second kappa shape index (κ2) is 3.85. The van der Waals surface area contributed by atoms with Gasteiger partial charge in [-0.05, 0) is 23.6 Å². The first-order valence-electron chi connectivity index (χ1n) is 4.90. The maximum Gasteiger partial charge on any atom is 0.168 e. The van der Waals surface area contributed by atoms with Gasteiger partial charge in [-0.25, -0.2) is 18.7 Å². The molecule has 2 nitrogen and oxygen atoms in total. The third kappa shape index (κ3) is 1.59. The fourth-order valence-electron chi connectivity index (χ4n) is 1.69. The van der Waals surface area contributed by atoms with Crippen molar-refractivity contribution in [3.05, 3.63) is 47.6 Å². The summed E-state index contributed by atoms with van der Waals surface area (Å²) in [6.07, 6.45) is 1.36. The Morgan fingerprint density at radius 3 is 2.82 bits per heavy atom. The Balaban J connectivity index is 2.34. The number of thiophene rings is 1. The molecule has 0 radical (unpaired) electrons. The van der Waals surface area contributed by atoms with Crippen LogP contribution < -0.4 is 0 Å². The SMILES string of the molecule is Fc1cccc(-c2ncnc3sccc23)c1F. The summed E-state index contributed by atoms with van der Waals surface area (Å²) >= 11 is 1.44. The van der Waals surface area contributed by atoms with Crippen LogP contribution in [-0.4, -0.2) is 9.97 Å². The molecule has 0 atom stereocenters. The Bertz CT molecular complexity index is 694. The molecular formula is C12H6F2N2S. The topological polar surface area (TPSA) is 25.8 Å². The van der Waals surface area contributed by atoms with Crippen molar-refractivity contribution in [3.63, 3.8) is 0 Å². The number of aromatic nitrogens is 2. The lowest BCUT2D eigenvalue weighted by Crippen LogP contribution is -1.92. The summed E-state index contributed by atoms with van der Waals surface area (Å²) in [5.74, 6) is -1.75. The highest BCUT2D eigenvalue weighted by atomic mass is 32.1. The van der Waals surface area contributed by atoms with Crippen molar-refractivity contribution in [1.82, 2.24) is 9.97 Å². The molecule has 0 bridgehead atoms. The zero-order valence-electron chi connectivity index (χ0n) is 8.52. The molecule has 1 aromatic carbocycles. The van der Waals surface area contributed by atoms with Crippen molar-refractivity contribution in [1.29, 1.82) is 0 Å². The van der Waals surface area contributed by atoms with Gasteiger partial charge in [0, 0.05) is 10.9 Å². The van der Waals surface area contributed by atoms with E-state index in [1.807, 2.05) is 5.38 Å². The minimum atomic E-state index is -0.876. The van der Waals surface area contributed by atoms with E-state index in [-0.39, 0.29) is 5.56 Å². The van der Waals surface area contributed by atoms with Gasteiger partial charge < -0.3 is 0 Å². The third-order valence-electron chi connectivity index (χ3n) is 2.47. The van der Waals surface area contributed by atoms with Crippen LogP contribution in [0.3, 0.4) is 0 Å². The molecule has 3 aromatic rings. The molecule has 84 valence electrons. The minimum Gasteiger partial charge on any atom is -0.235 e. The van der Waals surface area contributed by atoms with Crippen molar-refractivity contribution in [3.8, 4) is 11.3 Å². The zero-order valence-corrected chi connectivity index (χ0v) is 9.34. The highest BCUT2D eigenvalue weighted by molar-refractivity contribution is 7.16. The van der Waals surface area contributed by atoms with Crippen molar-refractivity contribution in [2.45, 2.75) is 0 Å². The van der Waals surface area contributed by atoms with Crippen LogP contribution >= 0.6 is 11.3 Å². The molecule has 0 saturated carbocycles. The molecule has 0 aliphatic heterocycles. The number of benzene rings is 1. The first-order valence-corrected chi connectivity index (χ1v) is 5.78. The molecule has 3 rings (SSSR count). The maximum atomic E-state index is 13.7. The van der Waals surface area contributed by atoms with Crippen LogP contribution in [0.4, 0.5) is 8.78 Å². The van der Waals surface area contributed by atoms with E-state index in [1.165, 1.54) is 29.8 Å². The number of hydrogen-bond acceptors (Lipinski definition) is 3. The number of halogens is 2. The van der Waals surface area contributed by atoms with E-state index >= 15 is 0 Å². The van der Waals surface area contributed by atoms with E-state index in [4.69, 9.17) is 0 Å². The molecule has 17 heavy (non-hydrogen) atoms. The average molecular weight is 248 g/mol. The molecule has 0 aliphatic carbocycles. The second-order valence-electron chi connectivity index (χ2n) is 3.46. The molecule has 0 fully saturated rings. The number of rotatable bonds is 1. The van der Waals surface area contributed by atoms with Crippen LogP contribution in [0.5, 0.6) is 0 Å². The van der Waals surface area contributed by atoms with Gasteiger partial charge in [0.15, 0.2) is 11.6 Å². The number of fused-ring (bicyclic) bond motifs is 1. The molecule has 0 aliphatic rings. The van der Waals surface area contributed by atoms with Crippen LogP contribution in [-0.2, 0) is 0 Å². The molecule has 0 saturated heterocycles. The van der Waals surface area contributed by atoms with E-state index in [9.17, 15) is 8.78 Å². The van der Waals surface area contributed by atoms with Gasteiger partial charge in [-0.3, -0.25) is 0 Å². The Hall–Kier alpha value is -1.88. The van der Waals surface area contributed by atoms with Crippen LogP contribution in [0.15, 0.2) is 36.0 Å². The van der Waals surface area contributed by atoms with Crippen LogP contribution in [0, 0.1) is 11.6 Å². The Labute approximate surface area is 99.6 Å². The predicted molar refractivity (Wildman–Crippen MR) is 62.8 cm³/mol. The lowest BCUT2D eigenvalue weighted by molar-refractivity contribution is 0.511. The quantitative estimate of drug-likeness (QED) is 0.657. The minimum absolute atomic E-state index is 0.163. The summed E-state index contributed by atoms with van der Waals surface area (Å²) < 4.78 is 26.9. The fraction of sp³-hybridized carbons (Fsp3) is 0. The first kappa shape index (κ1) is 10.3. The summed E-state index contributed by atoms with van der Waals surface area (Å²) in [5.41, 5.74) is 0.587. The molecular weight excluding hydrogens is 242 g/mol. The van der Waals surface area contributed by atoms with Gasteiger partial charge in [-0.1, -0.05) is 6.07 Å². The highest BCUT2D eigenvalue weighted by Crippen LogP contribution is 2.30. The monoisotopic (exact) mass is 248 g/mol. The fourth-order valence-corrected chi connectivity index (χ4v) is 2.42. The van der Waals surface area contributed by atoms with E-state index in [1.54, 1.807) is 6.07 Å². The van der Waals surface area contributed by atoms with Crippen LogP contribution in [0.25, 0.3) is 21.5 Å². The number of nitrogens with zero attached hydrogens (tertiary/aromatic N) is 2. The molecule has 5 heteroatoms. The number of hydrogen-bond donors (Lipinski definition) is 0. The van der Waals surface area contributed by atoms with E-state index < -0.39 is 11.6 Å². The standard InChI is InChI=1S/C12H6F2N2S/c13-9-3-1-2-7(10(9)14)11-8-4-5-17-12(8)16-6-15-11/h1-6H. The third-order valence-corrected chi connectivity index (χ3v) is 3.29. The van der Waals surface area contributed by atoms with Crippen molar-refractivity contribution < 1.29 is 8.78 Å². The van der Waals surface area contributed by atoms with Gasteiger partial charge >= 0.3 is 0 Å². The smallest absolute Gasteiger partial charge is 0.168 e. The van der Waals surface area contributed by atoms with Gasteiger partial charge in [0.2, 0.25) is 0 Å². The van der Waals surface area contributed by atoms with E-state index in [0.29, 0.717) is 5.69 Å². The van der Waals surface area contributed by atoms with Crippen molar-refractivity contribution >= 4 is 21.6 Å². The Morgan fingerprint density at radius 2 is 1.94 bits per heavy atom. The lowest BCUT2D eigenvalue weighted by atomic mass is 10.1. The zero-order chi connectivity index (χ0) is 11.8. The molecule has 2 heterocycles. The average Bonchev–Trinajstić information content (AvgIpc) is 2.81. The summed E-state index contributed by atoms with van der Waals surface area (Å²) in [4.78, 5) is 8.87. The second-order valence-corrected chi connectivity index (χ2v) is 4.36. The van der Waals surface area contributed by atoms with Gasteiger partial charge in [0.05, 0.1) is 5.69 Å². The molecule has 0 spiro atoms. The largest absolute Gasteiger partial charge is 0.235 e. The maximum absolute atomic E-state index is 13.7. The van der Waals surface area contributed by atoms with Crippen molar-refractivity contribution in [2.24, 2.45) is 0 Å². The first-order chi connectivity index (χ1) is 8.27. The summed E-state index contributed by atoms with van der Waals surface area (Å²) in [5, 5.41) is 2.59. The van der Waals surface area contributed by atoms with Gasteiger partial charge in [0.1, 0.15) is 11.2 Å². The summed E-state index contributed by atoms with van der Waals surface area (Å²) in [6.45, 7) is 0. The Kier molecular flexibility index (Phi) is 2.33. The molecule has 2 aromatic heterocycles. The predicted octanol–water partition coefficient (Wildman–Crippen LogP) is 3.64. The van der Waals surface area contributed by atoms with Gasteiger partial charge in [-0.2, -0.15) is 0 Å². The molecule has 0 N–H and O–H groups in total. The van der Waals surface area contributed by atoms with E-state index in [2.05, 4.69) is 9.97 Å². The Morgan fingerprint density at radius 1 is 1.06 bits per heavy atom. The van der Waals surface area contributed by atoms with Crippen LogP contribution in [0.1, 0.15) is 0 Å². The van der Waals surface area contributed by atoms with Crippen LogP contribution in [0.2, 0.25) is 0 Å². The molecule has 0 amide bonds. The van der Waals surface area contributed by atoms with Crippen molar-refractivity contribution in [2.75, 3.05) is 0 Å². The lowest BCUT2D eigenvalue weighted by Gasteiger charge is -2.04. The normalized spacial score (nSPS) is 10.9. The highest BCUT2D eigenvalue weighted by Gasteiger charge is 2.14. The van der Waals surface area contributed by atoms with E-state index in [0.717, 1.165) is 16.3 Å². The summed E-state index contributed by atoms with van der Waals surface area (Å²) in [6, 6.07) is 5.87. The summed E-state index contributed by atoms with van der Waals surface area (Å²) in [7, 11) is 0. The van der Waals surface area contributed by atoms with Gasteiger partial charge in [0.25, 0.3) is 0 Å².